The second-order valence-electron chi connectivity index (χ2n) is 5.51. The number of pyridine rings is 1. The molecule has 0 aliphatic rings. The van der Waals surface area contributed by atoms with E-state index in [4.69, 9.17) is 26.8 Å². The molecule has 0 aromatic carbocycles. The fraction of sp³-hybridized carbons (Fsp3) is 0.625. The number of nitrogens with one attached hydrogen (secondary N) is 1. The molecule has 0 unspecified atom stereocenters. The lowest BCUT2D eigenvalue weighted by Gasteiger charge is -2.10. The standard InChI is InChI=1S/C16H27ClN4O2.HI/c1-4-22-7-5-6-19-16(18)21-10-13-8-14(17)15(20-9-13)23-11-12(2)3;/h8-9,12H,4-7,10-11H2,1-3H3,(H3,18,19,21);1H. The van der Waals surface area contributed by atoms with Crippen molar-refractivity contribution < 1.29 is 9.47 Å². The Labute approximate surface area is 166 Å². The maximum absolute atomic E-state index is 6.16. The van der Waals surface area contributed by atoms with Crippen molar-refractivity contribution in [2.45, 2.75) is 33.7 Å². The van der Waals surface area contributed by atoms with Gasteiger partial charge in [-0.3, -0.25) is 0 Å². The number of ether oxygens (including phenoxy) is 2. The van der Waals surface area contributed by atoms with Gasteiger partial charge in [0.15, 0.2) is 5.96 Å². The minimum Gasteiger partial charge on any atom is -0.476 e. The van der Waals surface area contributed by atoms with Gasteiger partial charge in [0.1, 0.15) is 5.02 Å². The highest BCUT2D eigenvalue weighted by molar-refractivity contribution is 14.0. The highest BCUT2D eigenvalue weighted by Crippen LogP contribution is 2.23. The van der Waals surface area contributed by atoms with Crippen molar-refractivity contribution in [3.8, 4) is 5.88 Å². The lowest BCUT2D eigenvalue weighted by atomic mass is 10.2. The number of nitrogens with two attached hydrogens (primary N) is 1. The molecule has 1 heterocycles. The van der Waals surface area contributed by atoms with Crippen LogP contribution in [0.5, 0.6) is 5.88 Å². The molecule has 0 aliphatic carbocycles. The molecule has 1 aromatic heterocycles. The fourth-order valence-electron chi connectivity index (χ4n) is 1.67. The summed E-state index contributed by atoms with van der Waals surface area (Å²) < 4.78 is 10.8. The van der Waals surface area contributed by atoms with Crippen LogP contribution in [0.25, 0.3) is 0 Å². The maximum atomic E-state index is 6.16. The minimum absolute atomic E-state index is 0. The molecule has 6 nitrogen and oxygen atoms in total. The molecule has 0 fully saturated rings. The zero-order valence-electron chi connectivity index (χ0n) is 14.5. The summed E-state index contributed by atoms with van der Waals surface area (Å²) in [6.07, 6.45) is 2.59. The van der Waals surface area contributed by atoms with Gasteiger partial charge in [0, 0.05) is 26.0 Å². The number of aliphatic imine (C=N–C) groups is 1. The topological polar surface area (TPSA) is 81.8 Å². The Morgan fingerprint density at radius 2 is 2.21 bits per heavy atom. The predicted molar refractivity (Wildman–Crippen MR) is 109 cm³/mol. The molecule has 8 heteroatoms. The van der Waals surface area contributed by atoms with Crippen LogP contribution in [-0.4, -0.2) is 37.3 Å². The van der Waals surface area contributed by atoms with Crippen molar-refractivity contribution in [3.05, 3.63) is 22.8 Å². The van der Waals surface area contributed by atoms with Gasteiger partial charge in [0.25, 0.3) is 0 Å². The molecule has 0 bridgehead atoms. The monoisotopic (exact) mass is 470 g/mol. The van der Waals surface area contributed by atoms with E-state index < -0.39 is 0 Å². The highest BCUT2D eigenvalue weighted by Gasteiger charge is 2.06. The third-order valence-corrected chi connectivity index (χ3v) is 3.10. The summed E-state index contributed by atoms with van der Waals surface area (Å²) in [7, 11) is 0. The van der Waals surface area contributed by atoms with E-state index >= 15 is 0 Å². The van der Waals surface area contributed by atoms with Crippen molar-refractivity contribution in [1.82, 2.24) is 10.3 Å². The van der Waals surface area contributed by atoms with Crippen LogP contribution in [-0.2, 0) is 11.3 Å². The molecule has 3 N–H and O–H groups in total. The summed E-state index contributed by atoms with van der Waals surface area (Å²) in [6, 6.07) is 1.80. The number of guanidine groups is 1. The highest BCUT2D eigenvalue weighted by atomic mass is 127. The summed E-state index contributed by atoms with van der Waals surface area (Å²) in [4.78, 5) is 8.48. The Hall–Kier alpha value is -0.800. The van der Waals surface area contributed by atoms with Gasteiger partial charge >= 0.3 is 0 Å². The van der Waals surface area contributed by atoms with Crippen molar-refractivity contribution in [2.24, 2.45) is 16.6 Å². The van der Waals surface area contributed by atoms with Crippen LogP contribution >= 0.6 is 35.6 Å². The fourth-order valence-corrected chi connectivity index (χ4v) is 1.91. The molecule has 0 aliphatic heterocycles. The first kappa shape index (κ1) is 23.2. The molecule has 1 aromatic rings. The van der Waals surface area contributed by atoms with Gasteiger partial charge < -0.3 is 20.5 Å². The second kappa shape index (κ2) is 13.5. The zero-order chi connectivity index (χ0) is 17.1. The van der Waals surface area contributed by atoms with E-state index in [2.05, 4.69) is 29.1 Å². The predicted octanol–water partition coefficient (Wildman–Crippen LogP) is 3.22. The SMILES string of the molecule is CCOCCCNC(N)=NCc1cnc(OCC(C)C)c(Cl)c1.I. The molecular weight excluding hydrogens is 443 g/mol. The molecule has 0 spiro atoms. The molecule has 1 rings (SSSR count). The van der Waals surface area contributed by atoms with Crippen LogP contribution in [0.1, 0.15) is 32.8 Å². The first-order chi connectivity index (χ1) is 11.0. The Kier molecular flexibility index (Phi) is 13.0. The summed E-state index contributed by atoms with van der Waals surface area (Å²) in [5.74, 6) is 1.28. The number of hydrogen-bond acceptors (Lipinski definition) is 4. The van der Waals surface area contributed by atoms with Crippen LogP contribution in [0.3, 0.4) is 0 Å². The van der Waals surface area contributed by atoms with Crippen molar-refractivity contribution in [3.63, 3.8) is 0 Å². The number of hydrogen-bond donors (Lipinski definition) is 2. The van der Waals surface area contributed by atoms with Crippen LogP contribution in [0, 0.1) is 5.92 Å². The van der Waals surface area contributed by atoms with E-state index in [1.54, 1.807) is 12.3 Å². The largest absolute Gasteiger partial charge is 0.476 e. The molecule has 0 atom stereocenters. The van der Waals surface area contributed by atoms with Crippen molar-refractivity contribution in [2.75, 3.05) is 26.4 Å². The zero-order valence-corrected chi connectivity index (χ0v) is 17.6. The van der Waals surface area contributed by atoms with E-state index in [9.17, 15) is 0 Å². The lowest BCUT2D eigenvalue weighted by molar-refractivity contribution is 0.145. The molecule has 0 saturated carbocycles. The average Bonchev–Trinajstić information content (AvgIpc) is 2.51. The van der Waals surface area contributed by atoms with Gasteiger partial charge in [-0.25, -0.2) is 9.98 Å². The molecular formula is C16H28ClIN4O2. The first-order valence-corrected chi connectivity index (χ1v) is 8.29. The normalized spacial score (nSPS) is 11.3. The van der Waals surface area contributed by atoms with Crippen molar-refractivity contribution in [1.29, 1.82) is 0 Å². The number of halogens is 2. The first-order valence-electron chi connectivity index (χ1n) is 7.91. The number of aromatic nitrogens is 1. The second-order valence-corrected chi connectivity index (χ2v) is 5.92. The van der Waals surface area contributed by atoms with Gasteiger partial charge in [-0.1, -0.05) is 25.4 Å². The summed E-state index contributed by atoms with van der Waals surface area (Å²) in [6.45, 7) is 9.30. The summed E-state index contributed by atoms with van der Waals surface area (Å²) in [5.41, 5.74) is 6.69. The number of nitrogens with zero attached hydrogens (tertiary/aromatic N) is 2. The Balaban J connectivity index is 0.00000529. The van der Waals surface area contributed by atoms with Crippen molar-refractivity contribution >= 4 is 41.5 Å². The van der Waals surface area contributed by atoms with Gasteiger partial charge in [-0.15, -0.1) is 24.0 Å². The van der Waals surface area contributed by atoms with Gasteiger partial charge in [0.2, 0.25) is 5.88 Å². The van der Waals surface area contributed by atoms with Gasteiger partial charge in [-0.05, 0) is 30.9 Å². The Morgan fingerprint density at radius 1 is 1.46 bits per heavy atom. The van der Waals surface area contributed by atoms with E-state index in [0.29, 0.717) is 42.5 Å². The molecule has 0 saturated heterocycles. The summed E-state index contributed by atoms with van der Waals surface area (Å²) >= 11 is 6.16. The quantitative estimate of drug-likeness (QED) is 0.237. The molecule has 138 valence electrons. The molecule has 0 radical (unpaired) electrons. The third kappa shape index (κ3) is 10.1. The van der Waals surface area contributed by atoms with E-state index in [1.807, 2.05) is 6.92 Å². The Bertz CT molecular complexity index is 501. The van der Waals surface area contributed by atoms with Crippen LogP contribution in [0.15, 0.2) is 17.3 Å². The third-order valence-electron chi connectivity index (χ3n) is 2.83. The molecule has 24 heavy (non-hydrogen) atoms. The van der Waals surface area contributed by atoms with Crippen LogP contribution in [0.2, 0.25) is 5.02 Å². The van der Waals surface area contributed by atoms with E-state index in [0.717, 1.165) is 25.1 Å². The van der Waals surface area contributed by atoms with Crippen LogP contribution < -0.4 is 15.8 Å². The van der Waals surface area contributed by atoms with Gasteiger partial charge in [0.05, 0.1) is 13.2 Å². The van der Waals surface area contributed by atoms with Gasteiger partial charge in [-0.2, -0.15) is 0 Å². The number of rotatable bonds is 10. The minimum atomic E-state index is 0. The smallest absolute Gasteiger partial charge is 0.232 e. The summed E-state index contributed by atoms with van der Waals surface area (Å²) in [5, 5.41) is 3.53. The van der Waals surface area contributed by atoms with Crippen LogP contribution in [0.4, 0.5) is 0 Å². The van der Waals surface area contributed by atoms with E-state index in [-0.39, 0.29) is 24.0 Å². The molecule has 0 amide bonds. The average molecular weight is 471 g/mol. The maximum Gasteiger partial charge on any atom is 0.232 e. The van der Waals surface area contributed by atoms with E-state index in [1.165, 1.54) is 0 Å². The lowest BCUT2D eigenvalue weighted by Crippen LogP contribution is -2.32. The Morgan fingerprint density at radius 3 is 2.83 bits per heavy atom.